The average Bonchev–Trinajstić information content (AvgIpc) is 2.64. The van der Waals surface area contributed by atoms with Gasteiger partial charge in [0.1, 0.15) is 0 Å². The van der Waals surface area contributed by atoms with Crippen LogP contribution in [0.15, 0.2) is 0 Å². The van der Waals surface area contributed by atoms with Crippen molar-refractivity contribution in [2.75, 3.05) is 0 Å². The Morgan fingerprint density at radius 3 is 2.14 bits per heavy atom. The maximum absolute atomic E-state index is 13.1. The highest BCUT2D eigenvalue weighted by molar-refractivity contribution is 9.10. The molecule has 5 aliphatic rings. The van der Waals surface area contributed by atoms with Crippen LogP contribution in [0.3, 0.4) is 0 Å². The van der Waals surface area contributed by atoms with Crippen LogP contribution in [0.2, 0.25) is 0 Å². The second-order valence-corrected chi connectivity index (χ2v) is 10.2. The zero-order valence-corrected chi connectivity index (χ0v) is 14.6. The summed E-state index contributed by atoms with van der Waals surface area (Å²) in [5.41, 5.74) is -0.0279. The number of rotatable bonds is 2. The summed E-state index contributed by atoms with van der Waals surface area (Å²) >= 11 is 4.02. The first-order chi connectivity index (χ1) is 10.1. The summed E-state index contributed by atoms with van der Waals surface area (Å²) in [4.78, 5) is 13.1. The predicted octanol–water partition coefficient (Wildman–Crippen LogP) is 4.56. The fraction of sp³-hybridized carbons (Fsp3) is 0.944. The summed E-state index contributed by atoms with van der Waals surface area (Å²) in [6, 6.07) is 0.458. The standard InChI is InChI=1S/C18H28BrNO/c19-18-10-13-7-14(11-18)9-17(8-13,12-18)16(21)20-15-5-3-1-2-4-6-15/h13-15H,1-12H2,(H,20,21)/t13-,14+,17?,18?. The summed E-state index contributed by atoms with van der Waals surface area (Å²) in [5, 5.41) is 3.47. The third kappa shape index (κ3) is 2.68. The van der Waals surface area contributed by atoms with E-state index in [1.165, 1.54) is 57.8 Å². The summed E-state index contributed by atoms with van der Waals surface area (Å²) in [6.07, 6.45) is 15.1. The van der Waals surface area contributed by atoms with Crippen LogP contribution in [0.1, 0.15) is 77.0 Å². The minimum atomic E-state index is -0.0279. The molecule has 0 spiro atoms. The molecule has 2 nitrogen and oxygen atoms in total. The predicted molar refractivity (Wildman–Crippen MR) is 88.4 cm³/mol. The Labute approximate surface area is 136 Å². The molecule has 0 saturated heterocycles. The van der Waals surface area contributed by atoms with Gasteiger partial charge >= 0.3 is 0 Å². The zero-order chi connectivity index (χ0) is 14.5. The van der Waals surface area contributed by atoms with Gasteiger partial charge in [0, 0.05) is 10.4 Å². The van der Waals surface area contributed by atoms with Gasteiger partial charge in [0.2, 0.25) is 5.91 Å². The molecule has 0 aliphatic heterocycles. The molecule has 5 fully saturated rings. The SMILES string of the molecule is O=C(NC1CCCCCC1)C12C[C@@H]3C[C@@H](CC(Br)(C3)C1)C2. The van der Waals surface area contributed by atoms with Crippen LogP contribution in [-0.4, -0.2) is 16.3 Å². The number of nitrogens with one attached hydrogen (secondary N) is 1. The van der Waals surface area contributed by atoms with Crippen molar-refractivity contribution in [3.8, 4) is 0 Å². The van der Waals surface area contributed by atoms with Gasteiger partial charge in [-0.2, -0.15) is 0 Å². The highest BCUT2D eigenvalue weighted by atomic mass is 79.9. The Morgan fingerprint density at radius 2 is 1.57 bits per heavy atom. The molecule has 0 aromatic rings. The first-order valence-electron chi connectivity index (χ1n) is 9.07. The molecular weight excluding hydrogens is 326 g/mol. The van der Waals surface area contributed by atoms with E-state index in [1.54, 1.807) is 0 Å². The maximum atomic E-state index is 13.1. The first kappa shape index (κ1) is 14.5. The van der Waals surface area contributed by atoms with E-state index in [2.05, 4.69) is 21.2 Å². The molecule has 5 rings (SSSR count). The Balaban J connectivity index is 1.48. The normalized spacial score (nSPS) is 46.3. The van der Waals surface area contributed by atoms with Gasteiger partial charge in [-0.1, -0.05) is 41.6 Å². The zero-order valence-electron chi connectivity index (χ0n) is 13.0. The summed E-state index contributed by atoms with van der Waals surface area (Å²) in [5.74, 6) is 2.00. The van der Waals surface area contributed by atoms with E-state index >= 15 is 0 Å². The lowest BCUT2D eigenvalue weighted by molar-refractivity contribution is -0.144. The molecule has 5 saturated carbocycles. The van der Waals surface area contributed by atoms with Crippen LogP contribution >= 0.6 is 15.9 Å². The van der Waals surface area contributed by atoms with Crippen LogP contribution in [0.25, 0.3) is 0 Å². The number of amides is 1. The van der Waals surface area contributed by atoms with Crippen molar-refractivity contribution in [2.45, 2.75) is 87.4 Å². The second-order valence-electron chi connectivity index (χ2n) is 8.55. The van der Waals surface area contributed by atoms with Crippen LogP contribution in [0.5, 0.6) is 0 Å². The van der Waals surface area contributed by atoms with Gasteiger partial charge in [-0.3, -0.25) is 4.79 Å². The molecule has 0 radical (unpaired) electrons. The van der Waals surface area contributed by atoms with Gasteiger partial charge in [0.25, 0.3) is 0 Å². The minimum Gasteiger partial charge on any atom is -0.353 e. The molecule has 0 aromatic heterocycles. The van der Waals surface area contributed by atoms with Crippen molar-refractivity contribution in [1.82, 2.24) is 5.32 Å². The highest BCUT2D eigenvalue weighted by Crippen LogP contribution is 2.64. The largest absolute Gasteiger partial charge is 0.353 e. The van der Waals surface area contributed by atoms with Crippen molar-refractivity contribution in [1.29, 1.82) is 0 Å². The number of hydrogen-bond acceptors (Lipinski definition) is 1. The van der Waals surface area contributed by atoms with E-state index in [-0.39, 0.29) is 9.74 Å². The smallest absolute Gasteiger partial charge is 0.226 e. The molecule has 0 heterocycles. The Bertz CT molecular complexity index is 413. The molecule has 1 amide bonds. The average molecular weight is 354 g/mol. The van der Waals surface area contributed by atoms with Gasteiger partial charge in [-0.15, -0.1) is 0 Å². The van der Waals surface area contributed by atoms with Crippen LogP contribution < -0.4 is 5.32 Å². The van der Waals surface area contributed by atoms with E-state index in [0.29, 0.717) is 11.9 Å². The first-order valence-corrected chi connectivity index (χ1v) is 9.86. The fourth-order valence-corrected chi connectivity index (χ4v) is 7.63. The van der Waals surface area contributed by atoms with Crippen LogP contribution in [-0.2, 0) is 4.79 Å². The van der Waals surface area contributed by atoms with E-state index in [9.17, 15) is 4.79 Å². The molecule has 2 unspecified atom stereocenters. The van der Waals surface area contributed by atoms with Crippen molar-refractivity contribution < 1.29 is 4.79 Å². The topological polar surface area (TPSA) is 29.1 Å². The monoisotopic (exact) mass is 353 g/mol. The van der Waals surface area contributed by atoms with E-state index in [1.807, 2.05) is 0 Å². The van der Waals surface area contributed by atoms with E-state index in [0.717, 1.165) is 31.1 Å². The van der Waals surface area contributed by atoms with Crippen LogP contribution in [0.4, 0.5) is 0 Å². The number of alkyl halides is 1. The van der Waals surface area contributed by atoms with Gasteiger partial charge in [0.05, 0.1) is 5.41 Å². The number of carbonyl (C=O) groups is 1. The fourth-order valence-electron chi connectivity index (χ4n) is 6.18. The van der Waals surface area contributed by atoms with E-state index in [4.69, 9.17) is 0 Å². The third-order valence-electron chi connectivity index (χ3n) is 6.66. The molecule has 3 heteroatoms. The quantitative estimate of drug-likeness (QED) is 0.572. The number of hydrogen-bond donors (Lipinski definition) is 1. The summed E-state index contributed by atoms with van der Waals surface area (Å²) < 4.78 is 0.290. The second kappa shape index (κ2) is 5.25. The molecule has 4 atom stereocenters. The number of halogens is 1. The van der Waals surface area contributed by atoms with Crippen molar-refractivity contribution in [3.63, 3.8) is 0 Å². The Morgan fingerprint density at radius 1 is 0.952 bits per heavy atom. The highest BCUT2D eigenvalue weighted by Gasteiger charge is 2.59. The van der Waals surface area contributed by atoms with Crippen molar-refractivity contribution >= 4 is 21.8 Å². The summed E-state index contributed by atoms with van der Waals surface area (Å²) in [7, 11) is 0. The van der Waals surface area contributed by atoms with Crippen molar-refractivity contribution in [2.24, 2.45) is 17.3 Å². The lowest BCUT2D eigenvalue weighted by Crippen LogP contribution is -2.59. The lowest BCUT2D eigenvalue weighted by atomic mass is 9.49. The van der Waals surface area contributed by atoms with Crippen LogP contribution in [0, 0.1) is 17.3 Å². The van der Waals surface area contributed by atoms with Gasteiger partial charge in [-0.05, 0) is 63.2 Å². The Kier molecular flexibility index (Phi) is 3.63. The molecular formula is C18H28BrNO. The lowest BCUT2D eigenvalue weighted by Gasteiger charge is -2.59. The minimum absolute atomic E-state index is 0.0279. The maximum Gasteiger partial charge on any atom is 0.226 e. The molecule has 1 N–H and O–H groups in total. The Hall–Kier alpha value is -0.0500. The molecule has 4 bridgehead atoms. The van der Waals surface area contributed by atoms with Gasteiger partial charge < -0.3 is 5.32 Å². The van der Waals surface area contributed by atoms with E-state index < -0.39 is 0 Å². The molecule has 118 valence electrons. The molecule has 21 heavy (non-hydrogen) atoms. The third-order valence-corrected chi connectivity index (χ3v) is 7.59. The van der Waals surface area contributed by atoms with Gasteiger partial charge in [0.15, 0.2) is 0 Å². The summed E-state index contributed by atoms with van der Waals surface area (Å²) in [6.45, 7) is 0. The van der Waals surface area contributed by atoms with Crippen molar-refractivity contribution in [3.05, 3.63) is 0 Å². The number of carbonyl (C=O) groups excluding carboxylic acids is 1. The van der Waals surface area contributed by atoms with Gasteiger partial charge in [-0.25, -0.2) is 0 Å². The molecule has 0 aromatic carbocycles. The molecule has 5 aliphatic carbocycles.